The van der Waals surface area contributed by atoms with Crippen LogP contribution in [-0.2, 0) is 12.2 Å². The molecule has 0 radical (unpaired) electrons. The number of likely N-dealkylation sites (tertiary alicyclic amines) is 1. The zero-order chi connectivity index (χ0) is 21.8. The Morgan fingerprint density at radius 3 is 2.42 bits per heavy atom. The Morgan fingerprint density at radius 1 is 1.06 bits per heavy atom. The average molecular weight is 427 g/mol. The van der Waals surface area contributed by atoms with Crippen LogP contribution in [0.4, 0.5) is 4.39 Å². The van der Waals surface area contributed by atoms with Crippen molar-refractivity contribution in [2.45, 2.75) is 25.1 Å². The topological polar surface area (TPSA) is 69.9 Å². The minimum absolute atomic E-state index is 0.0287. The lowest BCUT2D eigenvalue weighted by Crippen LogP contribution is -2.43. The average Bonchev–Trinajstić information content (AvgIpc) is 3.30. The van der Waals surface area contributed by atoms with Crippen LogP contribution in [0.15, 0.2) is 47.0 Å². The molecule has 8 heteroatoms. The van der Waals surface area contributed by atoms with Crippen LogP contribution in [0.5, 0.6) is 17.2 Å². The van der Waals surface area contributed by atoms with E-state index in [0.29, 0.717) is 42.5 Å². The number of benzene rings is 2. The van der Waals surface area contributed by atoms with E-state index < -0.39 is 5.67 Å². The maximum atomic E-state index is 15.9. The standard InChI is InChI=1S/C23H26FN3O4/c1-28-18-12-16(13-19(29-2)20(18)30-3)14-27-11-7-10-23(24,15-27)22-25-21(26-31-22)17-8-5-4-6-9-17/h4-6,8-9,12-13H,7,10-11,14-15H2,1-3H3. The van der Waals surface area contributed by atoms with E-state index in [4.69, 9.17) is 18.7 Å². The molecular formula is C23H26FN3O4. The molecule has 0 spiro atoms. The minimum atomic E-state index is -1.70. The second kappa shape index (κ2) is 8.93. The summed E-state index contributed by atoms with van der Waals surface area (Å²) in [5.41, 5.74) is 0.0410. The molecule has 1 aromatic heterocycles. The quantitative estimate of drug-likeness (QED) is 0.559. The van der Waals surface area contributed by atoms with E-state index in [1.54, 1.807) is 21.3 Å². The van der Waals surface area contributed by atoms with Gasteiger partial charge in [-0.25, -0.2) is 4.39 Å². The van der Waals surface area contributed by atoms with E-state index in [1.807, 2.05) is 47.4 Å². The number of piperidine rings is 1. The van der Waals surface area contributed by atoms with Crippen molar-refractivity contribution in [1.29, 1.82) is 0 Å². The molecule has 1 unspecified atom stereocenters. The van der Waals surface area contributed by atoms with E-state index in [9.17, 15) is 0 Å². The van der Waals surface area contributed by atoms with Gasteiger partial charge in [-0.3, -0.25) is 4.90 Å². The molecule has 0 aliphatic carbocycles. The second-order valence-corrected chi connectivity index (χ2v) is 7.60. The summed E-state index contributed by atoms with van der Waals surface area (Å²) in [6.07, 6.45) is 1.03. The smallest absolute Gasteiger partial charge is 0.265 e. The van der Waals surface area contributed by atoms with Gasteiger partial charge in [0.2, 0.25) is 17.2 Å². The van der Waals surface area contributed by atoms with Gasteiger partial charge in [0.1, 0.15) is 0 Å². The molecule has 1 aliphatic rings. The largest absolute Gasteiger partial charge is 0.493 e. The summed E-state index contributed by atoms with van der Waals surface area (Å²) in [5.74, 6) is 2.11. The highest BCUT2D eigenvalue weighted by Gasteiger charge is 2.42. The van der Waals surface area contributed by atoms with Gasteiger partial charge in [0.15, 0.2) is 11.5 Å². The molecule has 31 heavy (non-hydrogen) atoms. The first-order valence-electron chi connectivity index (χ1n) is 10.2. The van der Waals surface area contributed by atoms with Crippen molar-refractivity contribution >= 4 is 0 Å². The molecule has 0 bridgehead atoms. The van der Waals surface area contributed by atoms with Crippen LogP contribution < -0.4 is 14.2 Å². The Kier molecular flexibility index (Phi) is 6.08. The normalized spacial score (nSPS) is 19.2. The maximum absolute atomic E-state index is 15.9. The zero-order valence-corrected chi connectivity index (χ0v) is 17.9. The number of ether oxygens (including phenoxy) is 3. The Bertz CT molecular complexity index is 1000. The lowest BCUT2D eigenvalue weighted by atomic mass is 9.94. The monoisotopic (exact) mass is 427 g/mol. The number of alkyl halides is 1. The van der Waals surface area contributed by atoms with Crippen LogP contribution >= 0.6 is 0 Å². The lowest BCUT2D eigenvalue weighted by molar-refractivity contribution is 0.0124. The molecule has 0 N–H and O–H groups in total. The first-order chi connectivity index (χ1) is 15.1. The summed E-state index contributed by atoms with van der Waals surface area (Å²) in [6.45, 7) is 1.46. The van der Waals surface area contributed by atoms with Gasteiger partial charge in [0.05, 0.1) is 21.3 Å². The number of aromatic nitrogens is 2. The van der Waals surface area contributed by atoms with Crippen molar-refractivity contribution in [3.05, 3.63) is 53.9 Å². The minimum Gasteiger partial charge on any atom is -0.493 e. The maximum Gasteiger partial charge on any atom is 0.265 e. The summed E-state index contributed by atoms with van der Waals surface area (Å²) in [5, 5.41) is 3.99. The van der Waals surface area contributed by atoms with E-state index in [0.717, 1.165) is 17.7 Å². The van der Waals surface area contributed by atoms with Crippen LogP contribution in [0.2, 0.25) is 0 Å². The van der Waals surface area contributed by atoms with Crippen LogP contribution in [-0.4, -0.2) is 49.5 Å². The fourth-order valence-electron chi connectivity index (χ4n) is 4.00. The Labute approximate surface area is 180 Å². The van der Waals surface area contributed by atoms with E-state index in [-0.39, 0.29) is 12.4 Å². The molecule has 0 amide bonds. The Balaban J connectivity index is 1.53. The van der Waals surface area contributed by atoms with E-state index in [1.165, 1.54) is 0 Å². The summed E-state index contributed by atoms with van der Waals surface area (Å²) >= 11 is 0. The second-order valence-electron chi connectivity index (χ2n) is 7.60. The highest BCUT2D eigenvalue weighted by atomic mass is 19.1. The number of rotatable bonds is 7. The molecular weight excluding hydrogens is 401 g/mol. The molecule has 0 saturated carbocycles. The first kappa shape index (κ1) is 21.1. The zero-order valence-electron chi connectivity index (χ0n) is 17.9. The van der Waals surface area contributed by atoms with Crippen LogP contribution in [0.3, 0.4) is 0 Å². The molecule has 164 valence electrons. The van der Waals surface area contributed by atoms with Gasteiger partial charge >= 0.3 is 0 Å². The fourth-order valence-corrected chi connectivity index (χ4v) is 4.00. The summed E-state index contributed by atoms with van der Waals surface area (Å²) in [7, 11) is 4.72. The lowest BCUT2D eigenvalue weighted by Gasteiger charge is -2.35. The van der Waals surface area contributed by atoms with Crippen molar-refractivity contribution in [2.75, 3.05) is 34.4 Å². The third-order valence-electron chi connectivity index (χ3n) is 5.49. The highest BCUT2D eigenvalue weighted by molar-refractivity contribution is 5.54. The summed E-state index contributed by atoms with van der Waals surface area (Å²) in [4.78, 5) is 6.40. The molecule has 1 atom stereocenters. The third kappa shape index (κ3) is 4.34. The van der Waals surface area contributed by atoms with Crippen molar-refractivity contribution in [3.63, 3.8) is 0 Å². The first-order valence-corrected chi connectivity index (χ1v) is 10.2. The third-order valence-corrected chi connectivity index (χ3v) is 5.49. The number of nitrogens with zero attached hydrogens (tertiary/aromatic N) is 3. The number of hydrogen-bond acceptors (Lipinski definition) is 7. The van der Waals surface area contributed by atoms with Gasteiger partial charge in [-0.05, 0) is 37.1 Å². The van der Waals surface area contributed by atoms with Crippen LogP contribution in [0.25, 0.3) is 11.4 Å². The van der Waals surface area contributed by atoms with Crippen LogP contribution in [0, 0.1) is 0 Å². The van der Waals surface area contributed by atoms with Crippen LogP contribution in [0.1, 0.15) is 24.3 Å². The molecule has 2 aromatic carbocycles. The molecule has 1 fully saturated rings. The van der Waals surface area contributed by atoms with Crippen molar-refractivity contribution < 1.29 is 23.1 Å². The van der Waals surface area contributed by atoms with Gasteiger partial charge in [-0.2, -0.15) is 4.98 Å². The molecule has 2 heterocycles. The predicted molar refractivity (Wildman–Crippen MR) is 113 cm³/mol. The van der Waals surface area contributed by atoms with Crippen molar-refractivity contribution in [2.24, 2.45) is 0 Å². The van der Waals surface area contributed by atoms with Gasteiger partial charge in [-0.1, -0.05) is 35.5 Å². The van der Waals surface area contributed by atoms with E-state index in [2.05, 4.69) is 10.1 Å². The summed E-state index contributed by atoms with van der Waals surface area (Å²) < 4.78 is 37.5. The molecule has 3 aromatic rings. The van der Waals surface area contributed by atoms with Gasteiger partial charge in [0, 0.05) is 18.7 Å². The number of hydrogen-bond donors (Lipinski definition) is 0. The summed E-state index contributed by atoms with van der Waals surface area (Å²) in [6, 6.07) is 13.2. The van der Waals surface area contributed by atoms with Gasteiger partial charge < -0.3 is 18.7 Å². The van der Waals surface area contributed by atoms with Crippen molar-refractivity contribution in [3.8, 4) is 28.6 Å². The van der Waals surface area contributed by atoms with Crippen molar-refractivity contribution in [1.82, 2.24) is 15.0 Å². The van der Waals surface area contributed by atoms with Gasteiger partial charge in [-0.15, -0.1) is 0 Å². The number of halogens is 1. The SMILES string of the molecule is COc1cc(CN2CCCC(F)(c3nc(-c4ccccc4)no3)C2)cc(OC)c1OC. The fraction of sp³-hybridized carbons (Fsp3) is 0.391. The molecule has 1 saturated heterocycles. The Hall–Kier alpha value is -3.13. The molecule has 1 aliphatic heterocycles. The number of methoxy groups -OCH3 is 3. The molecule has 7 nitrogen and oxygen atoms in total. The van der Waals surface area contributed by atoms with E-state index >= 15 is 4.39 Å². The predicted octanol–water partition coefficient (Wildman–Crippen LogP) is 4.22. The van der Waals surface area contributed by atoms with Gasteiger partial charge in [0.25, 0.3) is 5.89 Å². The Morgan fingerprint density at radius 2 is 1.77 bits per heavy atom. The highest BCUT2D eigenvalue weighted by Crippen LogP contribution is 2.40. The molecule has 4 rings (SSSR count).